The summed E-state index contributed by atoms with van der Waals surface area (Å²) in [5.74, 6) is 1.49. The molecule has 1 aromatic rings. The van der Waals surface area contributed by atoms with Gasteiger partial charge in [0.05, 0.1) is 12.2 Å². The van der Waals surface area contributed by atoms with Crippen LogP contribution < -0.4 is 5.73 Å². The quantitative estimate of drug-likeness (QED) is 0.837. The van der Waals surface area contributed by atoms with Crippen LogP contribution in [0.3, 0.4) is 0 Å². The van der Waals surface area contributed by atoms with Gasteiger partial charge in [-0.1, -0.05) is 13.8 Å². The van der Waals surface area contributed by atoms with E-state index >= 15 is 0 Å². The second kappa shape index (κ2) is 6.29. The lowest BCUT2D eigenvalue weighted by molar-refractivity contribution is -0.0101. The summed E-state index contributed by atoms with van der Waals surface area (Å²) in [6.07, 6.45) is 2.29. The highest BCUT2D eigenvalue weighted by atomic mass is 16.5. The Morgan fingerprint density at radius 2 is 2.06 bits per heavy atom. The number of hydrogen-bond donors (Lipinski definition) is 1. The zero-order valence-corrected chi connectivity index (χ0v) is 12.2. The zero-order valence-electron chi connectivity index (χ0n) is 12.2. The second-order valence-corrected chi connectivity index (χ2v) is 6.14. The minimum absolute atomic E-state index is 0.0423. The van der Waals surface area contributed by atoms with Gasteiger partial charge in [0.1, 0.15) is 12.2 Å². The summed E-state index contributed by atoms with van der Waals surface area (Å²) >= 11 is 0. The predicted octanol–water partition coefficient (Wildman–Crippen LogP) is 1.62. The lowest BCUT2D eigenvalue weighted by Crippen LogP contribution is -2.34. The van der Waals surface area contributed by atoms with Crippen molar-refractivity contribution in [2.24, 2.45) is 11.7 Å². The van der Waals surface area contributed by atoms with Gasteiger partial charge in [0.2, 0.25) is 0 Å². The summed E-state index contributed by atoms with van der Waals surface area (Å²) in [5, 5.41) is 4.23. The third-order valence-corrected chi connectivity index (χ3v) is 2.41. The van der Waals surface area contributed by atoms with Crippen molar-refractivity contribution in [3.05, 3.63) is 12.2 Å². The van der Waals surface area contributed by atoms with Gasteiger partial charge in [-0.15, -0.1) is 0 Å². The Kier molecular flexibility index (Phi) is 5.28. The molecule has 0 radical (unpaired) electrons. The molecule has 2 N–H and O–H groups in total. The molecule has 104 valence electrons. The highest BCUT2D eigenvalue weighted by Crippen LogP contribution is 2.08. The van der Waals surface area contributed by atoms with Gasteiger partial charge in [0.15, 0.2) is 0 Å². The first kappa shape index (κ1) is 15.1. The first-order valence-electron chi connectivity index (χ1n) is 6.54. The van der Waals surface area contributed by atoms with Crippen molar-refractivity contribution in [1.82, 2.24) is 14.8 Å². The van der Waals surface area contributed by atoms with Crippen molar-refractivity contribution in [3.8, 4) is 0 Å². The highest BCUT2D eigenvalue weighted by Gasteiger charge is 2.15. The molecule has 1 atom stereocenters. The van der Waals surface area contributed by atoms with Crippen molar-refractivity contribution in [2.45, 2.75) is 59.2 Å². The fourth-order valence-corrected chi connectivity index (χ4v) is 1.60. The summed E-state index contributed by atoms with van der Waals surface area (Å²) in [6.45, 7) is 11.8. The Morgan fingerprint density at radius 3 is 2.61 bits per heavy atom. The summed E-state index contributed by atoms with van der Waals surface area (Å²) in [5.41, 5.74) is 5.92. The maximum absolute atomic E-state index is 6.07. The Balaban J connectivity index is 2.49. The molecule has 0 aliphatic heterocycles. The molecule has 0 amide bonds. The summed E-state index contributed by atoms with van der Waals surface area (Å²) in [6, 6.07) is -0.0423. The molecule has 0 fully saturated rings. The second-order valence-electron chi connectivity index (χ2n) is 6.14. The number of ether oxygens (including phenoxy) is 1. The number of rotatable bonds is 6. The predicted molar refractivity (Wildman–Crippen MR) is 72.2 cm³/mol. The Bertz CT molecular complexity index is 354. The highest BCUT2D eigenvalue weighted by molar-refractivity contribution is 4.89. The normalized spacial score (nSPS) is 14.2. The molecule has 0 aliphatic carbocycles. The van der Waals surface area contributed by atoms with Crippen LogP contribution >= 0.6 is 0 Å². The topological polar surface area (TPSA) is 66.0 Å². The maximum atomic E-state index is 6.07. The van der Waals surface area contributed by atoms with E-state index in [2.05, 4.69) is 23.9 Å². The van der Waals surface area contributed by atoms with Crippen LogP contribution in [0.1, 0.15) is 40.4 Å². The summed E-state index contributed by atoms with van der Waals surface area (Å²) in [7, 11) is 0. The smallest absolute Gasteiger partial charge is 0.138 e. The van der Waals surface area contributed by atoms with Crippen molar-refractivity contribution >= 4 is 0 Å². The molecule has 0 aliphatic rings. The van der Waals surface area contributed by atoms with Crippen LogP contribution in [-0.4, -0.2) is 33.0 Å². The molecule has 0 spiro atoms. The molecule has 1 unspecified atom stereocenters. The van der Waals surface area contributed by atoms with E-state index in [1.54, 1.807) is 6.33 Å². The molecule has 1 rings (SSSR count). The van der Waals surface area contributed by atoms with Crippen LogP contribution in [-0.2, 0) is 17.7 Å². The van der Waals surface area contributed by atoms with E-state index in [1.165, 1.54) is 0 Å². The minimum Gasteiger partial charge on any atom is -0.374 e. The van der Waals surface area contributed by atoms with E-state index in [4.69, 9.17) is 10.5 Å². The third-order valence-electron chi connectivity index (χ3n) is 2.41. The van der Waals surface area contributed by atoms with Crippen LogP contribution in [0.5, 0.6) is 0 Å². The number of nitrogens with two attached hydrogens (primary N) is 1. The summed E-state index contributed by atoms with van der Waals surface area (Å²) < 4.78 is 7.61. The Labute approximate surface area is 110 Å². The van der Waals surface area contributed by atoms with E-state index in [1.807, 2.05) is 25.5 Å². The van der Waals surface area contributed by atoms with E-state index in [-0.39, 0.29) is 11.6 Å². The van der Waals surface area contributed by atoms with Crippen molar-refractivity contribution in [3.63, 3.8) is 0 Å². The van der Waals surface area contributed by atoms with Crippen molar-refractivity contribution in [1.29, 1.82) is 0 Å². The molecular weight excluding hydrogens is 228 g/mol. The van der Waals surface area contributed by atoms with Gasteiger partial charge >= 0.3 is 0 Å². The van der Waals surface area contributed by atoms with E-state index in [9.17, 15) is 0 Å². The zero-order chi connectivity index (χ0) is 13.8. The lowest BCUT2D eigenvalue weighted by Gasteiger charge is -2.22. The Morgan fingerprint density at radius 1 is 1.39 bits per heavy atom. The van der Waals surface area contributed by atoms with Gasteiger partial charge in [-0.25, -0.2) is 9.67 Å². The molecule has 0 saturated heterocycles. The number of hydrogen-bond acceptors (Lipinski definition) is 4. The standard InChI is InChI=1S/C13H26N4O/c1-10(2)7-17-12(15-9-16-17)6-11(14)8-18-13(3,4)5/h9-11H,6-8,14H2,1-5H3. The van der Waals surface area contributed by atoms with Crippen LogP contribution in [0.25, 0.3) is 0 Å². The SMILES string of the molecule is CC(C)Cn1ncnc1CC(N)COC(C)(C)C. The molecular formula is C13H26N4O. The van der Waals surface area contributed by atoms with E-state index in [0.29, 0.717) is 18.9 Å². The van der Waals surface area contributed by atoms with Crippen molar-refractivity contribution in [2.75, 3.05) is 6.61 Å². The summed E-state index contributed by atoms with van der Waals surface area (Å²) in [4.78, 5) is 4.27. The molecule has 0 saturated carbocycles. The minimum atomic E-state index is -0.150. The third kappa shape index (κ3) is 5.60. The van der Waals surface area contributed by atoms with E-state index < -0.39 is 0 Å². The van der Waals surface area contributed by atoms with Gasteiger partial charge in [-0.3, -0.25) is 0 Å². The van der Waals surface area contributed by atoms with Crippen LogP contribution in [0.15, 0.2) is 6.33 Å². The number of aromatic nitrogens is 3. The average Bonchev–Trinajstić information content (AvgIpc) is 2.61. The van der Waals surface area contributed by atoms with Gasteiger partial charge in [-0.2, -0.15) is 5.10 Å². The molecule has 5 nitrogen and oxygen atoms in total. The largest absolute Gasteiger partial charge is 0.374 e. The van der Waals surface area contributed by atoms with Gasteiger partial charge in [0, 0.05) is 19.0 Å². The molecule has 0 aromatic carbocycles. The maximum Gasteiger partial charge on any atom is 0.138 e. The van der Waals surface area contributed by atoms with Crippen molar-refractivity contribution < 1.29 is 4.74 Å². The van der Waals surface area contributed by atoms with Crippen LogP contribution in [0.2, 0.25) is 0 Å². The monoisotopic (exact) mass is 254 g/mol. The first-order chi connectivity index (χ1) is 8.28. The molecule has 1 aromatic heterocycles. The molecule has 5 heteroatoms. The van der Waals surface area contributed by atoms with Gasteiger partial charge in [0.25, 0.3) is 0 Å². The molecule has 1 heterocycles. The van der Waals surface area contributed by atoms with E-state index in [0.717, 1.165) is 12.4 Å². The number of nitrogens with zero attached hydrogens (tertiary/aromatic N) is 3. The van der Waals surface area contributed by atoms with Crippen LogP contribution in [0, 0.1) is 5.92 Å². The van der Waals surface area contributed by atoms with Crippen LogP contribution in [0.4, 0.5) is 0 Å². The fourth-order valence-electron chi connectivity index (χ4n) is 1.60. The lowest BCUT2D eigenvalue weighted by atomic mass is 10.1. The van der Waals surface area contributed by atoms with Gasteiger partial charge < -0.3 is 10.5 Å². The van der Waals surface area contributed by atoms with Gasteiger partial charge in [-0.05, 0) is 26.7 Å². The fraction of sp³-hybridized carbons (Fsp3) is 0.846. The molecule has 18 heavy (non-hydrogen) atoms. The average molecular weight is 254 g/mol. The molecule has 0 bridgehead atoms. The Hall–Kier alpha value is -0.940. The first-order valence-corrected chi connectivity index (χ1v) is 6.54.